The summed E-state index contributed by atoms with van der Waals surface area (Å²) in [7, 11) is -3.35. The molecule has 2 aromatic rings. The van der Waals surface area contributed by atoms with E-state index in [1.165, 1.54) is 22.3 Å². The fourth-order valence-corrected chi connectivity index (χ4v) is 6.79. The predicted molar refractivity (Wildman–Crippen MR) is 140 cm³/mol. The Hall–Kier alpha value is -2.26. The molecule has 2 aromatic carbocycles. The molecule has 0 bridgehead atoms. The lowest BCUT2D eigenvalue weighted by Crippen LogP contribution is -2.51. The molecule has 0 saturated carbocycles. The Balaban J connectivity index is 1.20. The molecule has 0 unspecified atom stereocenters. The Labute approximate surface area is 210 Å². The van der Waals surface area contributed by atoms with Crippen LogP contribution in [0.4, 0.5) is 0 Å². The molecule has 0 aliphatic carbocycles. The van der Waals surface area contributed by atoms with E-state index in [4.69, 9.17) is 0 Å². The number of hydrogen-bond acceptors (Lipinski definition) is 5. The molecule has 7 nitrogen and oxygen atoms in total. The summed E-state index contributed by atoms with van der Waals surface area (Å²) in [5.74, 6) is 0.115. The van der Waals surface area contributed by atoms with Gasteiger partial charge in [0, 0.05) is 51.9 Å². The van der Waals surface area contributed by atoms with E-state index in [1.807, 2.05) is 35.2 Å². The van der Waals surface area contributed by atoms with Crippen molar-refractivity contribution < 1.29 is 13.2 Å². The highest BCUT2D eigenvalue weighted by Gasteiger charge is 2.32. The Bertz CT molecular complexity index is 1110. The zero-order chi connectivity index (χ0) is 25.0. The van der Waals surface area contributed by atoms with Gasteiger partial charge in [-0.2, -0.15) is 0 Å². The van der Waals surface area contributed by atoms with Gasteiger partial charge in [-0.05, 0) is 49.4 Å². The number of rotatable bonds is 8. The molecule has 2 aliphatic heterocycles. The molecule has 0 spiro atoms. The lowest BCUT2D eigenvalue weighted by atomic mass is 9.99. The highest BCUT2D eigenvalue weighted by atomic mass is 32.2. The molecular weight excluding hydrogens is 460 g/mol. The van der Waals surface area contributed by atoms with Gasteiger partial charge in [0.1, 0.15) is 0 Å². The van der Waals surface area contributed by atoms with Crippen molar-refractivity contribution in [2.45, 2.75) is 45.5 Å². The van der Waals surface area contributed by atoms with Crippen LogP contribution >= 0.6 is 0 Å². The SMILES string of the molecule is Cc1cc(C)c(CN2CCN(C(=O)CN[C@H]3CCN(S(=O)(=O)Cc4ccccc4)C3)CC2)c(C)c1. The lowest BCUT2D eigenvalue weighted by molar-refractivity contribution is -0.132. The summed E-state index contributed by atoms with van der Waals surface area (Å²) in [6.07, 6.45) is 0.727. The molecular formula is C27H38N4O3S. The summed E-state index contributed by atoms with van der Waals surface area (Å²) in [5.41, 5.74) is 6.16. The summed E-state index contributed by atoms with van der Waals surface area (Å²) in [6, 6.07) is 13.8. The molecule has 35 heavy (non-hydrogen) atoms. The lowest BCUT2D eigenvalue weighted by Gasteiger charge is -2.35. The van der Waals surface area contributed by atoms with Gasteiger partial charge in [-0.1, -0.05) is 48.0 Å². The standard InChI is InChI=1S/C27H38N4O3S/c1-21-15-22(2)26(23(3)16-21)19-29-11-13-30(14-12-29)27(32)17-28-25-9-10-31(18-25)35(33,34)20-24-7-5-4-6-8-24/h4-8,15-16,25,28H,9-14,17-20H2,1-3H3/t25-/m0/s1. The predicted octanol–water partition coefficient (Wildman–Crippen LogP) is 2.45. The van der Waals surface area contributed by atoms with Crippen LogP contribution in [0.15, 0.2) is 42.5 Å². The minimum Gasteiger partial charge on any atom is -0.339 e. The fraction of sp³-hybridized carbons (Fsp3) is 0.519. The van der Waals surface area contributed by atoms with Crippen molar-refractivity contribution in [3.63, 3.8) is 0 Å². The van der Waals surface area contributed by atoms with Crippen molar-refractivity contribution in [2.75, 3.05) is 45.8 Å². The molecule has 1 amide bonds. The zero-order valence-corrected chi connectivity index (χ0v) is 22.0. The first kappa shape index (κ1) is 25.8. The number of piperazine rings is 1. The average Bonchev–Trinajstić information content (AvgIpc) is 3.31. The van der Waals surface area contributed by atoms with Crippen LogP contribution in [0, 0.1) is 20.8 Å². The Kier molecular flexibility index (Phi) is 8.27. The van der Waals surface area contributed by atoms with E-state index >= 15 is 0 Å². The fourth-order valence-electron chi connectivity index (χ4n) is 5.21. The summed E-state index contributed by atoms with van der Waals surface area (Å²) >= 11 is 0. The van der Waals surface area contributed by atoms with Crippen LogP contribution in [-0.2, 0) is 27.1 Å². The van der Waals surface area contributed by atoms with Gasteiger partial charge in [0.25, 0.3) is 0 Å². The second-order valence-corrected chi connectivity index (χ2v) is 12.0. The smallest absolute Gasteiger partial charge is 0.236 e. The normalized spacial score (nSPS) is 19.9. The molecule has 0 aromatic heterocycles. The molecule has 1 atom stereocenters. The summed E-state index contributed by atoms with van der Waals surface area (Å²) in [6.45, 7) is 11.8. The number of hydrogen-bond donors (Lipinski definition) is 1. The van der Waals surface area contributed by atoms with Crippen LogP contribution in [0.1, 0.15) is 34.2 Å². The van der Waals surface area contributed by atoms with Gasteiger partial charge in [-0.25, -0.2) is 12.7 Å². The second kappa shape index (κ2) is 11.2. The first-order chi connectivity index (χ1) is 16.7. The highest BCUT2D eigenvalue weighted by molar-refractivity contribution is 7.88. The van der Waals surface area contributed by atoms with Gasteiger partial charge >= 0.3 is 0 Å². The molecule has 2 fully saturated rings. The number of sulfonamides is 1. The minimum atomic E-state index is -3.35. The Morgan fingerprint density at radius 2 is 1.63 bits per heavy atom. The highest BCUT2D eigenvalue weighted by Crippen LogP contribution is 2.20. The van der Waals surface area contributed by atoms with Crippen LogP contribution in [0.3, 0.4) is 0 Å². The zero-order valence-electron chi connectivity index (χ0n) is 21.2. The van der Waals surface area contributed by atoms with E-state index in [1.54, 1.807) is 4.31 Å². The van der Waals surface area contributed by atoms with Gasteiger partial charge in [0.2, 0.25) is 15.9 Å². The maximum absolute atomic E-state index is 12.8. The number of nitrogens with one attached hydrogen (secondary N) is 1. The van der Waals surface area contributed by atoms with Crippen molar-refractivity contribution in [1.82, 2.24) is 19.4 Å². The number of benzene rings is 2. The van der Waals surface area contributed by atoms with Crippen LogP contribution in [0.2, 0.25) is 0 Å². The summed E-state index contributed by atoms with van der Waals surface area (Å²) in [5, 5.41) is 3.30. The molecule has 190 valence electrons. The topological polar surface area (TPSA) is 73.0 Å². The molecule has 2 heterocycles. The maximum Gasteiger partial charge on any atom is 0.236 e. The van der Waals surface area contributed by atoms with E-state index in [0.29, 0.717) is 13.1 Å². The number of carbonyl (C=O) groups excluding carboxylic acids is 1. The quantitative estimate of drug-likeness (QED) is 0.605. The number of amides is 1. The largest absolute Gasteiger partial charge is 0.339 e. The third-order valence-corrected chi connectivity index (χ3v) is 9.04. The van der Waals surface area contributed by atoms with E-state index in [2.05, 4.69) is 43.1 Å². The molecule has 1 N–H and O–H groups in total. The molecule has 2 saturated heterocycles. The van der Waals surface area contributed by atoms with Crippen LogP contribution in [0.5, 0.6) is 0 Å². The maximum atomic E-state index is 12.8. The van der Waals surface area contributed by atoms with Crippen molar-refractivity contribution in [3.8, 4) is 0 Å². The summed E-state index contributed by atoms with van der Waals surface area (Å²) in [4.78, 5) is 17.2. The van der Waals surface area contributed by atoms with E-state index in [-0.39, 0.29) is 24.2 Å². The van der Waals surface area contributed by atoms with Crippen molar-refractivity contribution in [1.29, 1.82) is 0 Å². The minimum absolute atomic E-state index is 0.0123. The van der Waals surface area contributed by atoms with Crippen molar-refractivity contribution >= 4 is 15.9 Å². The van der Waals surface area contributed by atoms with E-state index in [0.717, 1.165) is 44.7 Å². The first-order valence-corrected chi connectivity index (χ1v) is 14.1. The van der Waals surface area contributed by atoms with Gasteiger partial charge in [0.15, 0.2) is 0 Å². The van der Waals surface area contributed by atoms with Gasteiger partial charge < -0.3 is 10.2 Å². The van der Waals surface area contributed by atoms with Crippen LogP contribution in [-0.4, -0.2) is 80.3 Å². The Morgan fingerprint density at radius 1 is 0.971 bits per heavy atom. The molecule has 2 aliphatic rings. The van der Waals surface area contributed by atoms with Crippen LogP contribution < -0.4 is 5.32 Å². The van der Waals surface area contributed by atoms with E-state index < -0.39 is 10.0 Å². The summed E-state index contributed by atoms with van der Waals surface area (Å²) < 4.78 is 27.1. The second-order valence-electron chi connectivity index (χ2n) is 10.0. The third kappa shape index (κ3) is 6.70. The number of nitrogens with zero attached hydrogens (tertiary/aromatic N) is 3. The number of aryl methyl sites for hydroxylation is 3. The van der Waals surface area contributed by atoms with Gasteiger partial charge in [-0.15, -0.1) is 0 Å². The van der Waals surface area contributed by atoms with Crippen molar-refractivity contribution in [2.24, 2.45) is 0 Å². The number of carbonyl (C=O) groups is 1. The average molecular weight is 499 g/mol. The van der Waals surface area contributed by atoms with Crippen LogP contribution in [0.25, 0.3) is 0 Å². The first-order valence-electron chi connectivity index (χ1n) is 12.5. The molecule has 8 heteroatoms. The molecule has 4 rings (SSSR count). The Morgan fingerprint density at radius 3 is 2.29 bits per heavy atom. The van der Waals surface area contributed by atoms with Crippen molar-refractivity contribution in [3.05, 3.63) is 70.3 Å². The van der Waals surface area contributed by atoms with E-state index in [9.17, 15) is 13.2 Å². The monoisotopic (exact) mass is 498 g/mol. The molecule has 0 radical (unpaired) electrons. The van der Waals surface area contributed by atoms with Gasteiger partial charge in [-0.3, -0.25) is 9.69 Å². The third-order valence-electron chi connectivity index (χ3n) is 7.23. The van der Waals surface area contributed by atoms with Gasteiger partial charge in [0.05, 0.1) is 12.3 Å².